The molecule has 0 aliphatic heterocycles. The Balaban J connectivity index is 2.15. The largest absolute Gasteiger partial charge is 0.497 e. The Kier molecular flexibility index (Phi) is 4.44. The molecule has 2 heterocycles. The molecule has 0 atom stereocenters. The number of hydrogen-bond acceptors (Lipinski definition) is 5. The normalized spacial score (nSPS) is 10.8. The van der Waals surface area contributed by atoms with Gasteiger partial charge in [0.25, 0.3) is 17.0 Å². The summed E-state index contributed by atoms with van der Waals surface area (Å²) in [7, 11) is 5.74. The van der Waals surface area contributed by atoms with Crippen LogP contribution in [-0.2, 0) is 21.1 Å². The number of ether oxygens (including phenoxy) is 1. The van der Waals surface area contributed by atoms with Crippen LogP contribution in [0.4, 0.5) is 5.69 Å². The molecule has 140 valence electrons. The van der Waals surface area contributed by atoms with E-state index in [0.717, 1.165) is 9.13 Å². The van der Waals surface area contributed by atoms with E-state index in [9.17, 15) is 19.2 Å². The fraction of sp³-hybridized carbons (Fsp3) is 0.222. The zero-order valence-electron chi connectivity index (χ0n) is 15.3. The highest BCUT2D eigenvalue weighted by molar-refractivity contribution is 6.05. The molecule has 3 aromatic rings. The van der Waals surface area contributed by atoms with E-state index in [4.69, 9.17) is 4.74 Å². The highest BCUT2D eigenvalue weighted by Gasteiger charge is 2.19. The Hall–Kier alpha value is -3.62. The molecule has 0 aliphatic carbocycles. The summed E-state index contributed by atoms with van der Waals surface area (Å²) in [6.45, 7) is 0. The molecule has 0 saturated heterocycles. The summed E-state index contributed by atoms with van der Waals surface area (Å²) in [4.78, 5) is 49.8. The number of aromatic nitrogens is 3. The van der Waals surface area contributed by atoms with Gasteiger partial charge in [0.05, 0.1) is 12.5 Å². The molecule has 27 heavy (non-hydrogen) atoms. The number of fused-ring (bicyclic) bond motifs is 1. The number of aryl methyl sites for hydroxylation is 2. The van der Waals surface area contributed by atoms with Crippen LogP contribution in [0.25, 0.3) is 11.0 Å². The first-order chi connectivity index (χ1) is 12.8. The Morgan fingerprint density at radius 2 is 1.56 bits per heavy atom. The highest BCUT2D eigenvalue weighted by Crippen LogP contribution is 2.16. The van der Waals surface area contributed by atoms with Crippen molar-refractivity contribution in [2.75, 3.05) is 12.4 Å². The highest BCUT2D eigenvalue weighted by atomic mass is 16.5. The molecule has 2 aromatic heterocycles. The molecular weight excluding hydrogens is 352 g/mol. The van der Waals surface area contributed by atoms with Crippen molar-refractivity contribution in [2.24, 2.45) is 21.1 Å². The predicted octanol–water partition coefficient (Wildman–Crippen LogP) is 0.197. The molecule has 0 radical (unpaired) electrons. The average Bonchev–Trinajstić information content (AvgIpc) is 2.67. The maximum absolute atomic E-state index is 12.6. The maximum Gasteiger partial charge on any atom is 0.332 e. The second kappa shape index (κ2) is 6.60. The number of carbonyl (C=O) groups excluding carboxylic acids is 1. The lowest BCUT2D eigenvalue weighted by Crippen LogP contribution is -2.40. The Bertz CT molecular complexity index is 1230. The summed E-state index contributed by atoms with van der Waals surface area (Å²) in [6.07, 6.45) is 0. The van der Waals surface area contributed by atoms with Crippen molar-refractivity contribution in [1.29, 1.82) is 0 Å². The number of rotatable bonds is 3. The summed E-state index contributed by atoms with van der Waals surface area (Å²) in [5, 5.41) is 2.72. The van der Waals surface area contributed by atoms with Crippen LogP contribution in [0, 0.1) is 0 Å². The number of nitrogens with one attached hydrogen (secondary N) is 1. The van der Waals surface area contributed by atoms with Gasteiger partial charge in [0.1, 0.15) is 17.0 Å². The van der Waals surface area contributed by atoms with E-state index in [2.05, 4.69) is 5.32 Å². The van der Waals surface area contributed by atoms with Crippen LogP contribution < -0.4 is 26.9 Å². The third kappa shape index (κ3) is 2.92. The average molecular weight is 370 g/mol. The predicted molar refractivity (Wildman–Crippen MR) is 101 cm³/mol. The molecule has 0 aliphatic rings. The van der Waals surface area contributed by atoms with Crippen LogP contribution >= 0.6 is 0 Å². The molecule has 0 spiro atoms. The Labute approximate surface area is 153 Å². The molecular formula is C18H18N4O5. The lowest BCUT2D eigenvalue weighted by molar-refractivity contribution is 0.102. The number of methoxy groups -OCH3 is 1. The van der Waals surface area contributed by atoms with Crippen molar-refractivity contribution in [3.05, 3.63) is 67.1 Å². The van der Waals surface area contributed by atoms with Crippen molar-refractivity contribution < 1.29 is 9.53 Å². The summed E-state index contributed by atoms with van der Waals surface area (Å²) in [5.41, 5.74) is -1.33. The second-order valence-corrected chi connectivity index (χ2v) is 6.05. The third-order valence-corrected chi connectivity index (χ3v) is 4.40. The van der Waals surface area contributed by atoms with Crippen LogP contribution in [0.15, 0.2) is 44.7 Å². The fourth-order valence-electron chi connectivity index (χ4n) is 2.91. The topological polar surface area (TPSA) is 104 Å². The molecule has 0 saturated carbocycles. The number of hydrogen-bond donors (Lipinski definition) is 1. The van der Waals surface area contributed by atoms with Gasteiger partial charge in [-0.2, -0.15) is 0 Å². The van der Waals surface area contributed by atoms with Gasteiger partial charge in [-0.25, -0.2) is 4.79 Å². The van der Waals surface area contributed by atoms with Crippen molar-refractivity contribution in [3.8, 4) is 5.75 Å². The second-order valence-electron chi connectivity index (χ2n) is 6.05. The van der Waals surface area contributed by atoms with Crippen molar-refractivity contribution in [1.82, 2.24) is 13.7 Å². The van der Waals surface area contributed by atoms with E-state index >= 15 is 0 Å². The van der Waals surface area contributed by atoms with Crippen molar-refractivity contribution >= 4 is 22.6 Å². The number of pyridine rings is 1. The molecule has 0 unspecified atom stereocenters. The van der Waals surface area contributed by atoms with E-state index in [-0.39, 0.29) is 16.6 Å². The SMILES string of the molecule is COc1ccc(NC(=O)c2cc3c(=O)n(C)c(=O)n(C)c3n(C)c2=O)cc1. The monoisotopic (exact) mass is 370 g/mol. The smallest absolute Gasteiger partial charge is 0.332 e. The summed E-state index contributed by atoms with van der Waals surface area (Å²) < 4.78 is 8.31. The summed E-state index contributed by atoms with van der Waals surface area (Å²) >= 11 is 0. The van der Waals surface area contributed by atoms with Gasteiger partial charge in [0.2, 0.25) is 0 Å². The summed E-state index contributed by atoms with van der Waals surface area (Å²) in [6, 6.07) is 7.81. The number of amides is 1. The van der Waals surface area contributed by atoms with Crippen molar-refractivity contribution in [2.45, 2.75) is 0 Å². The van der Waals surface area contributed by atoms with Gasteiger partial charge in [-0.1, -0.05) is 0 Å². The number of benzene rings is 1. The quantitative estimate of drug-likeness (QED) is 0.709. The van der Waals surface area contributed by atoms with Crippen LogP contribution in [0.2, 0.25) is 0 Å². The first kappa shape index (κ1) is 18.2. The lowest BCUT2D eigenvalue weighted by Gasteiger charge is -2.13. The van der Waals surface area contributed by atoms with Gasteiger partial charge in [-0.3, -0.25) is 28.1 Å². The molecule has 9 heteroatoms. The van der Waals surface area contributed by atoms with Crippen molar-refractivity contribution in [3.63, 3.8) is 0 Å². The zero-order chi connectivity index (χ0) is 19.9. The molecule has 1 amide bonds. The van der Waals surface area contributed by atoms with Gasteiger partial charge in [-0.05, 0) is 30.3 Å². The van der Waals surface area contributed by atoms with Gasteiger partial charge in [0.15, 0.2) is 0 Å². The van der Waals surface area contributed by atoms with E-state index in [0.29, 0.717) is 11.4 Å². The fourth-order valence-corrected chi connectivity index (χ4v) is 2.91. The minimum Gasteiger partial charge on any atom is -0.497 e. The van der Waals surface area contributed by atoms with E-state index in [1.54, 1.807) is 24.3 Å². The molecule has 1 aromatic carbocycles. The van der Waals surface area contributed by atoms with Crippen LogP contribution in [0.1, 0.15) is 10.4 Å². The summed E-state index contributed by atoms with van der Waals surface area (Å²) in [5.74, 6) is -0.0300. The van der Waals surface area contributed by atoms with Crippen LogP contribution in [0.3, 0.4) is 0 Å². The lowest BCUT2D eigenvalue weighted by atomic mass is 10.2. The maximum atomic E-state index is 12.6. The van der Waals surface area contributed by atoms with Crippen LogP contribution in [-0.4, -0.2) is 26.7 Å². The van der Waals surface area contributed by atoms with Gasteiger partial charge < -0.3 is 10.1 Å². The standard InChI is InChI=1S/C18H18N4O5/c1-20-15-13(17(25)22(3)18(26)21(15)2)9-12(16(20)24)14(23)19-10-5-7-11(27-4)8-6-10/h5-9H,1-4H3,(H,19,23). The number of carbonyl (C=O) groups is 1. The molecule has 1 N–H and O–H groups in total. The van der Waals surface area contributed by atoms with E-state index in [1.807, 2.05) is 0 Å². The Morgan fingerprint density at radius 3 is 2.15 bits per heavy atom. The van der Waals surface area contributed by atoms with Crippen LogP contribution in [0.5, 0.6) is 5.75 Å². The zero-order valence-corrected chi connectivity index (χ0v) is 15.3. The third-order valence-electron chi connectivity index (χ3n) is 4.40. The van der Waals surface area contributed by atoms with E-state index < -0.39 is 22.7 Å². The number of anilines is 1. The Morgan fingerprint density at radius 1 is 0.926 bits per heavy atom. The molecule has 3 rings (SSSR count). The van der Waals surface area contributed by atoms with Gasteiger partial charge in [-0.15, -0.1) is 0 Å². The molecule has 9 nitrogen and oxygen atoms in total. The number of nitrogens with zero attached hydrogens (tertiary/aromatic N) is 3. The first-order valence-corrected chi connectivity index (χ1v) is 8.01. The first-order valence-electron chi connectivity index (χ1n) is 8.01. The minimum absolute atomic E-state index is 0.0987. The molecule has 0 bridgehead atoms. The van der Waals surface area contributed by atoms with E-state index in [1.165, 1.54) is 38.9 Å². The molecule has 0 fully saturated rings. The minimum atomic E-state index is -0.654. The van der Waals surface area contributed by atoms with Gasteiger partial charge in [0, 0.05) is 26.8 Å². The van der Waals surface area contributed by atoms with Gasteiger partial charge >= 0.3 is 5.69 Å².